The molecule has 2 aliphatic rings. The van der Waals surface area contributed by atoms with E-state index in [1.807, 2.05) is 41.2 Å². The topological polar surface area (TPSA) is 107 Å². The van der Waals surface area contributed by atoms with E-state index in [1.54, 1.807) is 12.1 Å². The van der Waals surface area contributed by atoms with Gasteiger partial charge in [0.2, 0.25) is 5.88 Å². The molecule has 2 fully saturated rings. The Morgan fingerprint density at radius 1 is 1.07 bits per heavy atom. The van der Waals surface area contributed by atoms with E-state index in [0.717, 1.165) is 78.2 Å². The molecule has 2 saturated heterocycles. The van der Waals surface area contributed by atoms with Crippen LogP contribution in [0.3, 0.4) is 0 Å². The van der Waals surface area contributed by atoms with Crippen LogP contribution in [0.2, 0.25) is 0 Å². The lowest BCUT2D eigenvalue weighted by molar-refractivity contribution is -0.0592. The highest BCUT2D eigenvalue weighted by molar-refractivity contribution is 5.92. The lowest BCUT2D eigenvalue weighted by Crippen LogP contribution is -2.35. The largest absolute Gasteiger partial charge is 0.478 e. The van der Waals surface area contributed by atoms with Gasteiger partial charge < -0.3 is 19.1 Å². The Balaban J connectivity index is 1.00. The van der Waals surface area contributed by atoms with E-state index in [2.05, 4.69) is 33.6 Å². The van der Waals surface area contributed by atoms with E-state index in [1.165, 1.54) is 0 Å². The third kappa shape index (κ3) is 5.35. The lowest BCUT2D eigenvalue weighted by Gasteiger charge is -2.32. The molecule has 6 heterocycles. The molecule has 2 aliphatic heterocycles. The standard InChI is InChI=1S/C32H34N6O4/c1-21-17-33-38-13-7-22(15-28(21)38)20-42-31-4-2-3-26(35-31)23-8-11-36(12-9-23)19-30-34-27-6-5-24(32(39)40)16-29(27)37(30)18-25-10-14-41-25/h2-7,13,15-17,23,25H,8-12,14,18-20H2,1H3,(H,39,40). The highest BCUT2D eigenvalue weighted by atomic mass is 16.5. The number of benzene rings is 1. The summed E-state index contributed by atoms with van der Waals surface area (Å²) in [5, 5.41) is 13.9. The summed E-state index contributed by atoms with van der Waals surface area (Å²) in [5.41, 5.74) is 6.34. The van der Waals surface area contributed by atoms with E-state index < -0.39 is 5.97 Å². The third-order valence-electron chi connectivity index (χ3n) is 8.54. The minimum Gasteiger partial charge on any atom is -0.478 e. The molecule has 0 saturated carbocycles. The van der Waals surface area contributed by atoms with Gasteiger partial charge in [0.1, 0.15) is 12.4 Å². The van der Waals surface area contributed by atoms with Crippen molar-refractivity contribution in [1.29, 1.82) is 0 Å². The minimum atomic E-state index is -0.928. The molecular formula is C32H34N6O4. The number of hydrogen-bond donors (Lipinski definition) is 1. The molecule has 0 spiro atoms. The van der Waals surface area contributed by atoms with E-state index in [-0.39, 0.29) is 11.7 Å². The van der Waals surface area contributed by atoms with Gasteiger partial charge in [0, 0.05) is 30.5 Å². The summed E-state index contributed by atoms with van der Waals surface area (Å²) in [5.74, 6) is 1.05. The Kier molecular flexibility index (Phi) is 7.09. The zero-order chi connectivity index (χ0) is 28.6. The number of carboxylic acid groups (broad SMARTS) is 1. The lowest BCUT2D eigenvalue weighted by atomic mass is 9.93. The van der Waals surface area contributed by atoms with Gasteiger partial charge in [-0.2, -0.15) is 5.10 Å². The van der Waals surface area contributed by atoms with Crippen molar-refractivity contribution in [3.8, 4) is 5.88 Å². The predicted molar refractivity (Wildman–Crippen MR) is 157 cm³/mol. The molecule has 216 valence electrons. The summed E-state index contributed by atoms with van der Waals surface area (Å²) < 4.78 is 15.8. The van der Waals surface area contributed by atoms with Gasteiger partial charge in [-0.15, -0.1) is 0 Å². The number of piperidine rings is 1. The van der Waals surface area contributed by atoms with Crippen molar-refractivity contribution < 1.29 is 19.4 Å². The van der Waals surface area contributed by atoms with Crippen molar-refractivity contribution in [2.45, 2.75) is 57.9 Å². The number of likely N-dealkylation sites (tertiary alicyclic amines) is 1. The minimum absolute atomic E-state index is 0.152. The second-order valence-corrected chi connectivity index (χ2v) is 11.4. The van der Waals surface area contributed by atoms with Crippen molar-refractivity contribution >= 4 is 22.5 Å². The van der Waals surface area contributed by atoms with E-state index >= 15 is 0 Å². The van der Waals surface area contributed by atoms with Crippen LogP contribution in [0.25, 0.3) is 16.6 Å². The first-order valence-corrected chi connectivity index (χ1v) is 14.6. The fraction of sp³-hybridized carbons (Fsp3) is 0.375. The molecule has 42 heavy (non-hydrogen) atoms. The molecule has 10 nitrogen and oxygen atoms in total. The zero-order valence-corrected chi connectivity index (χ0v) is 23.6. The fourth-order valence-corrected chi connectivity index (χ4v) is 5.98. The summed E-state index contributed by atoms with van der Waals surface area (Å²) in [7, 11) is 0. The summed E-state index contributed by atoms with van der Waals surface area (Å²) >= 11 is 0. The first kappa shape index (κ1) is 26.6. The first-order chi connectivity index (χ1) is 20.5. The highest BCUT2D eigenvalue weighted by Crippen LogP contribution is 2.30. The predicted octanol–water partition coefficient (Wildman–Crippen LogP) is 4.83. The molecule has 10 heteroatoms. The van der Waals surface area contributed by atoms with Crippen molar-refractivity contribution in [2.75, 3.05) is 19.7 Å². The Hall–Kier alpha value is -4.28. The molecular weight excluding hydrogens is 532 g/mol. The average molecular weight is 567 g/mol. The van der Waals surface area contributed by atoms with Crippen LogP contribution in [0.5, 0.6) is 5.88 Å². The number of carboxylic acids is 1. The van der Waals surface area contributed by atoms with Crippen LogP contribution in [0.4, 0.5) is 0 Å². The monoisotopic (exact) mass is 566 g/mol. The number of pyridine rings is 2. The Morgan fingerprint density at radius 2 is 1.93 bits per heavy atom. The number of ether oxygens (including phenoxy) is 2. The van der Waals surface area contributed by atoms with Gasteiger partial charge >= 0.3 is 5.97 Å². The van der Waals surface area contributed by atoms with E-state index in [0.29, 0.717) is 31.5 Å². The quantitative estimate of drug-likeness (QED) is 0.270. The molecule has 1 aromatic carbocycles. The van der Waals surface area contributed by atoms with Crippen LogP contribution in [0.1, 0.15) is 58.2 Å². The average Bonchev–Trinajstić information content (AvgIpc) is 3.53. The molecule has 0 bridgehead atoms. The molecule has 0 aliphatic carbocycles. The second-order valence-electron chi connectivity index (χ2n) is 11.4. The molecule has 1 N–H and O–H groups in total. The van der Waals surface area contributed by atoms with E-state index in [4.69, 9.17) is 19.4 Å². The Morgan fingerprint density at radius 3 is 2.71 bits per heavy atom. The molecule has 0 amide bonds. The van der Waals surface area contributed by atoms with Crippen LogP contribution in [-0.4, -0.2) is 65.9 Å². The molecule has 5 aromatic rings. The van der Waals surface area contributed by atoms with Gasteiger partial charge in [-0.1, -0.05) is 6.07 Å². The van der Waals surface area contributed by atoms with Crippen LogP contribution in [0, 0.1) is 6.92 Å². The number of imidazole rings is 1. The smallest absolute Gasteiger partial charge is 0.335 e. The van der Waals surface area contributed by atoms with Crippen molar-refractivity contribution in [3.05, 3.63) is 89.1 Å². The number of aromatic nitrogens is 5. The molecule has 0 radical (unpaired) electrons. The van der Waals surface area contributed by atoms with Gasteiger partial charge in [-0.3, -0.25) is 4.90 Å². The van der Waals surface area contributed by atoms with Gasteiger partial charge in [0.25, 0.3) is 0 Å². The number of hydrogen-bond acceptors (Lipinski definition) is 7. The number of aromatic carboxylic acids is 1. The van der Waals surface area contributed by atoms with Crippen LogP contribution >= 0.6 is 0 Å². The molecule has 1 atom stereocenters. The number of aryl methyl sites for hydroxylation is 1. The fourth-order valence-electron chi connectivity index (χ4n) is 5.98. The van der Waals surface area contributed by atoms with Crippen LogP contribution < -0.4 is 4.74 Å². The SMILES string of the molecule is Cc1cnn2ccc(COc3cccc(C4CCN(Cc5nc6ccc(C(=O)O)cc6n5CC5CCO5)CC4)n3)cc12. The number of fused-ring (bicyclic) bond motifs is 2. The Labute approximate surface area is 243 Å². The van der Waals surface area contributed by atoms with Crippen molar-refractivity contribution in [2.24, 2.45) is 0 Å². The van der Waals surface area contributed by atoms with Crippen molar-refractivity contribution in [1.82, 2.24) is 29.0 Å². The van der Waals surface area contributed by atoms with Crippen molar-refractivity contribution in [3.63, 3.8) is 0 Å². The Bertz CT molecular complexity index is 1750. The maximum atomic E-state index is 11.6. The highest BCUT2D eigenvalue weighted by Gasteiger charge is 2.26. The summed E-state index contributed by atoms with van der Waals surface area (Å²) in [6.45, 7) is 6.57. The maximum Gasteiger partial charge on any atom is 0.335 e. The number of carbonyl (C=O) groups is 1. The molecule has 1 unspecified atom stereocenters. The first-order valence-electron chi connectivity index (χ1n) is 14.6. The normalized spacial score (nSPS) is 18.0. The third-order valence-corrected chi connectivity index (χ3v) is 8.54. The van der Waals surface area contributed by atoms with Gasteiger partial charge in [0.05, 0.1) is 47.5 Å². The zero-order valence-electron chi connectivity index (χ0n) is 23.6. The van der Waals surface area contributed by atoms with E-state index in [9.17, 15) is 9.90 Å². The van der Waals surface area contributed by atoms with Crippen LogP contribution in [0.15, 0.2) is 60.9 Å². The maximum absolute atomic E-state index is 11.6. The molecule has 4 aromatic heterocycles. The number of rotatable bonds is 9. The second kappa shape index (κ2) is 11.2. The van der Waals surface area contributed by atoms with Gasteiger partial charge in [-0.05, 0) is 86.8 Å². The van der Waals surface area contributed by atoms with Gasteiger partial charge in [0.15, 0.2) is 0 Å². The molecule has 7 rings (SSSR count). The summed E-state index contributed by atoms with van der Waals surface area (Å²) in [6, 6.07) is 15.4. The summed E-state index contributed by atoms with van der Waals surface area (Å²) in [6.07, 6.45) is 7.00. The van der Waals surface area contributed by atoms with Gasteiger partial charge in [-0.25, -0.2) is 19.3 Å². The summed E-state index contributed by atoms with van der Waals surface area (Å²) in [4.78, 5) is 23.8. The number of nitrogens with zero attached hydrogens (tertiary/aromatic N) is 6. The van der Waals surface area contributed by atoms with Crippen LogP contribution in [-0.2, 0) is 24.4 Å².